The molecule has 0 saturated carbocycles. The van der Waals surface area contributed by atoms with Crippen molar-refractivity contribution >= 4 is 29.1 Å². The molecule has 1 heterocycles. The summed E-state index contributed by atoms with van der Waals surface area (Å²) in [4.78, 5) is 11.9. The van der Waals surface area contributed by atoms with Gasteiger partial charge in [-0.1, -0.05) is 29.3 Å². The van der Waals surface area contributed by atoms with Gasteiger partial charge in [0, 0.05) is 13.2 Å². The molecule has 1 aromatic rings. The van der Waals surface area contributed by atoms with Gasteiger partial charge < -0.3 is 14.8 Å². The molecule has 0 radical (unpaired) electrons. The third kappa shape index (κ3) is 4.35. The van der Waals surface area contributed by atoms with Gasteiger partial charge in [-0.25, -0.2) is 0 Å². The summed E-state index contributed by atoms with van der Waals surface area (Å²) in [7, 11) is 0. The van der Waals surface area contributed by atoms with E-state index in [-0.39, 0.29) is 12.0 Å². The summed E-state index contributed by atoms with van der Waals surface area (Å²) in [5, 5.41) is 3.42. The highest BCUT2D eigenvalue weighted by Crippen LogP contribution is 2.23. The van der Waals surface area contributed by atoms with E-state index in [9.17, 15) is 4.79 Å². The van der Waals surface area contributed by atoms with E-state index in [2.05, 4.69) is 5.32 Å². The quantitative estimate of drug-likeness (QED) is 0.821. The molecule has 0 bridgehead atoms. The Morgan fingerprint density at radius 2 is 2.15 bits per heavy atom. The standard InChI is InChI=1S/C14H17Cl2NO3/c15-11-4-1-5-12(16)13(11)14(18)17-6-8-19-9-10-3-2-7-20-10/h1,4-5,10H,2-3,6-9H2,(H,17,18)/t10-/m0/s1. The zero-order valence-electron chi connectivity index (χ0n) is 11.0. The first-order chi connectivity index (χ1) is 9.68. The lowest BCUT2D eigenvalue weighted by atomic mass is 10.2. The van der Waals surface area contributed by atoms with Crippen LogP contribution in [0.25, 0.3) is 0 Å². The number of amides is 1. The summed E-state index contributed by atoms with van der Waals surface area (Å²) in [6, 6.07) is 4.97. The molecule has 1 N–H and O–H groups in total. The average molecular weight is 318 g/mol. The van der Waals surface area contributed by atoms with Crippen molar-refractivity contribution in [3.63, 3.8) is 0 Å². The predicted octanol–water partition coefficient (Wildman–Crippen LogP) is 2.92. The summed E-state index contributed by atoms with van der Waals surface area (Å²) in [5.41, 5.74) is 0.301. The molecule has 1 amide bonds. The van der Waals surface area contributed by atoms with E-state index in [1.54, 1.807) is 18.2 Å². The molecule has 0 spiro atoms. The summed E-state index contributed by atoms with van der Waals surface area (Å²) in [6.45, 7) is 2.24. The second kappa shape index (κ2) is 7.84. The Balaban J connectivity index is 1.69. The van der Waals surface area contributed by atoms with Crippen LogP contribution in [-0.2, 0) is 9.47 Å². The van der Waals surface area contributed by atoms with Crippen LogP contribution >= 0.6 is 23.2 Å². The fourth-order valence-corrected chi connectivity index (χ4v) is 2.60. The largest absolute Gasteiger partial charge is 0.377 e. The van der Waals surface area contributed by atoms with Crippen molar-refractivity contribution in [1.29, 1.82) is 0 Å². The third-order valence-corrected chi connectivity index (χ3v) is 3.68. The molecular weight excluding hydrogens is 301 g/mol. The van der Waals surface area contributed by atoms with Crippen LogP contribution in [0.2, 0.25) is 10.0 Å². The number of nitrogens with one attached hydrogen (secondary N) is 1. The van der Waals surface area contributed by atoms with Gasteiger partial charge in [-0.05, 0) is 25.0 Å². The highest BCUT2D eigenvalue weighted by atomic mass is 35.5. The lowest BCUT2D eigenvalue weighted by molar-refractivity contribution is 0.0183. The molecule has 6 heteroatoms. The number of carbonyl (C=O) groups excluding carboxylic acids is 1. The fraction of sp³-hybridized carbons (Fsp3) is 0.500. The van der Waals surface area contributed by atoms with Crippen molar-refractivity contribution in [2.24, 2.45) is 0 Å². The minimum Gasteiger partial charge on any atom is -0.377 e. The molecule has 1 fully saturated rings. The van der Waals surface area contributed by atoms with Gasteiger partial charge in [0.2, 0.25) is 0 Å². The minimum atomic E-state index is -0.290. The summed E-state index contributed by atoms with van der Waals surface area (Å²) in [5.74, 6) is -0.290. The van der Waals surface area contributed by atoms with Gasteiger partial charge in [0.1, 0.15) is 0 Å². The number of hydrogen-bond donors (Lipinski definition) is 1. The molecule has 4 nitrogen and oxygen atoms in total. The number of carbonyl (C=O) groups is 1. The van der Waals surface area contributed by atoms with E-state index in [1.807, 2.05) is 0 Å². The van der Waals surface area contributed by atoms with Crippen molar-refractivity contribution in [1.82, 2.24) is 5.32 Å². The number of hydrogen-bond acceptors (Lipinski definition) is 3. The van der Waals surface area contributed by atoms with Crippen LogP contribution in [0.3, 0.4) is 0 Å². The monoisotopic (exact) mass is 317 g/mol. The van der Waals surface area contributed by atoms with Crippen LogP contribution in [0, 0.1) is 0 Å². The van der Waals surface area contributed by atoms with E-state index >= 15 is 0 Å². The third-order valence-electron chi connectivity index (χ3n) is 3.05. The average Bonchev–Trinajstić information content (AvgIpc) is 2.91. The smallest absolute Gasteiger partial charge is 0.254 e. The number of rotatable bonds is 6. The second-order valence-electron chi connectivity index (χ2n) is 4.56. The SMILES string of the molecule is O=C(NCCOC[C@@H]1CCCO1)c1c(Cl)cccc1Cl. The Bertz CT molecular complexity index is 441. The van der Waals surface area contributed by atoms with Gasteiger partial charge in [0.15, 0.2) is 0 Å². The highest BCUT2D eigenvalue weighted by Gasteiger charge is 2.16. The van der Waals surface area contributed by atoms with E-state index in [0.29, 0.717) is 35.4 Å². The zero-order chi connectivity index (χ0) is 14.4. The number of halogens is 2. The number of benzene rings is 1. The van der Waals surface area contributed by atoms with Crippen molar-refractivity contribution in [3.8, 4) is 0 Å². The van der Waals surface area contributed by atoms with E-state index in [1.165, 1.54) is 0 Å². The lowest BCUT2D eigenvalue weighted by Crippen LogP contribution is -2.28. The first kappa shape index (κ1) is 15.6. The van der Waals surface area contributed by atoms with Crippen LogP contribution in [0.4, 0.5) is 0 Å². The van der Waals surface area contributed by atoms with Crippen molar-refractivity contribution in [3.05, 3.63) is 33.8 Å². The van der Waals surface area contributed by atoms with Crippen LogP contribution < -0.4 is 5.32 Å². The van der Waals surface area contributed by atoms with Crippen LogP contribution in [0.1, 0.15) is 23.2 Å². The Hall–Kier alpha value is -0.810. The van der Waals surface area contributed by atoms with Crippen LogP contribution in [-0.4, -0.2) is 38.4 Å². The maximum Gasteiger partial charge on any atom is 0.254 e. The number of ether oxygens (including phenoxy) is 2. The molecule has 1 atom stereocenters. The normalized spacial score (nSPS) is 18.2. The molecule has 110 valence electrons. The second-order valence-corrected chi connectivity index (χ2v) is 5.38. The summed E-state index contributed by atoms with van der Waals surface area (Å²) < 4.78 is 10.9. The Labute approximate surface area is 128 Å². The Kier molecular flexibility index (Phi) is 6.10. The summed E-state index contributed by atoms with van der Waals surface area (Å²) >= 11 is 11.9. The zero-order valence-corrected chi connectivity index (χ0v) is 12.5. The van der Waals surface area contributed by atoms with Crippen molar-refractivity contribution in [2.45, 2.75) is 18.9 Å². The van der Waals surface area contributed by atoms with Crippen molar-refractivity contribution in [2.75, 3.05) is 26.4 Å². The van der Waals surface area contributed by atoms with Crippen LogP contribution in [0.15, 0.2) is 18.2 Å². The minimum absolute atomic E-state index is 0.198. The lowest BCUT2D eigenvalue weighted by Gasteiger charge is -2.11. The molecule has 1 aliphatic rings. The van der Waals surface area contributed by atoms with E-state index in [0.717, 1.165) is 19.4 Å². The van der Waals surface area contributed by atoms with Gasteiger partial charge in [0.25, 0.3) is 5.91 Å². The van der Waals surface area contributed by atoms with Gasteiger partial charge in [-0.2, -0.15) is 0 Å². The molecule has 2 rings (SSSR count). The molecule has 1 saturated heterocycles. The maximum atomic E-state index is 11.9. The fourth-order valence-electron chi connectivity index (χ4n) is 2.03. The molecule has 20 heavy (non-hydrogen) atoms. The maximum absolute atomic E-state index is 11.9. The van der Waals surface area contributed by atoms with Crippen molar-refractivity contribution < 1.29 is 14.3 Å². The first-order valence-corrected chi connectivity index (χ1v) is 7.35. The predicted molar refractivity (Wildman–Crippen MR) is 78.6 cm³/mol. The molecule has 1 aromatic carbocycles. The van der Waals surface area contributed by atoms with Gasteiger partial charge in [0.05, 0.1) is 34.9 Å². The molecular formula is C14H17Cl2NO3. The Morgan fingerprint density at radius 1 is 1.40 bits per heavy atom. The van der Waals surface area contributed by atoms with E-state index in [4.69, 9.17) is 32.7 Å². The van der Waals surface area contributed by atoms with Gasteiger partial charge in [-0.15, -0.1) is 0 Å². The van der Waals surface area contributed by atoms with Gasteiger partial charge >= 0.3 is 0 Å². The van der Waals surface area contributed by atoms with Crippen LogP contribution in [0.5, 0.6) is 0 Å². The van der Waals surface area contributed by atoms with E-state index < -0.39 is 0 Å². The molecule has 0 unspecified atom stereocenters. The molecule has 1 aliphatic heterocycles. The molecule has 0 aromatic heterocycles. The Morgan fingerprint density at radius 3 is 2.80 bits per heavy atom. The highest BCUT2D eigenvalue weighted by molar-refractivity contribution is 6.39. The topological polar surface area (TPSA) is 47.6 Å². The molecule has 0 aliphatic carbocycles. The summed E-state index contributed by atoms with van der Waals surface area (Å²) in [6.07, 6.45) is 2.33. The van der Waals surface area contributed by atoms with Gasteiger partial charge in [-0.3, -0.25) is 4.79 Å². The first-order valence-electron chi connectivity index (χ1n) is 6.60.